The first-order valence-electron chi connectivity index (χ1n) is 12.7. The number of methoxy groups -OCH3 is 2. The number of esters is 1. The van der Waals surface area contributed by atoms with Gasteiger partial charge >= 0.3 is 12.0 Å². The molecule has 0 aliphatic carbocycles. The zero-order chi connectivity index (χ0) is 26.2. The minimum Gasteiger partial charge on any atom is -0.497 e. The highest BCUT2D eigenvalue weighted by molar-refractivity contribution is 5.91. The van der Waals surface area contributed by atoms with Crippen LogP contribution in [0.25, 0.3) is 0 Å². The summed E-state index contributed by atoms with van der Waals surface area (Å²) in [4.78, 5) is 26.6. The lowest BCUT2D eigenvalue weighted by Gasteiger charge is -2.24. The van der Waals surface area contributed by atoms with Crippen molar-refractivity contribution in [3.05, 3.63) is 48.0 Å². The Balaban J connectivity index is 2.04. The SMILES string of the molecule is CCCCCCCN(CCc1cccc(OCC(=O)OCC)c1)C(=O)Nc1ccc(OC)cc1OC. The Hall–Kier alpha value is -3.42. The smallest absolute Gasteiger partial charge is 0.344 e. The number of carbonyl (C=O) groups is 2. The lowest BCUT2D eigenvalue weighted by molar-refractivity contribution is -0.145. The molecule has 0 saturated carbocycles. The van der Waals surface area contributed by atoms with Gasteiger partial charge in [0.2, 0.25) is 0 Å². The number of anilines is 1. The standard InChI is InChI=1S/C28H40N2O6/c1-5-7-8-9-10-17-30(28(32)29-25-15-14-23(33-3)20-26(25)34-4)18-16-22-12-11-13-24(19-22)36-21-27(31)35-6-2/h11-15,19-20H,5-10,16-18,21H2,1-4H3,(H,29,32). The van der Waals surface area contributed by atoms with E-state index in [9.17, 15) is 9.59 Å². The minimum absolute atomic E-state index is 0.132. The van der Waals surface area contributed by atoms with E-state index < -0.39 is 5.97 Å². The maximum atomic E-state index is 13.2. The Kier molecular flexibility index (Phi) is 13.0. The van der Waals surface area contributed by atoms with E-state index in [0.717, 1.165) is 24.8 Å². The molecule has 0 radical (unpaired) electrons. The van der Waals surface area contributed by atoms with Crippen LogP contribution in [0.1, 0.15) is 51.5 Å². The quantitative estimate of drug-likeness (QED) is 0.235. The molecule has 0 atom stereocenters. The first-order chi connectivity index (χ1) is 17.5. The van der Waals surface area contributed by atoms with Gasteiger partial charge in [0.25, 0.3) is 0 Å². The molecular formula is C28H40N2O6. The van der Waals surface area contributed by atoms with E-state index >= 15 is 0 Å². The average Bonchev–Trinajstić information content (AvgIpc) is 2.89. The fourth-order valence-electron chi connectivity index (χ4n) is 3.72. The first kappa shape index (κ1) is 28.8. The number of hydrogen-bond acceptors (Lipinski definition) is 6. The van der Waals surface area contributed by atoms with Gasteiger partial charge in [-0.1, -0.05) is 44.7 Å². The van der Waals surface area contributed by atoms with Crippen molar-refractivity contribution < 1.29 is 28.5 Å². The maximum Gasteiger partial charge on any atom is 0.344 e. The number of hydrogen-bond donors (Lipinski definition) is 1. The summed E-state index contributed by atoms with van der Waals surface area (Å²) < 4.78 is 21.1. The zero-order valence-corrected chi connectivity index (χ0v) is 22.0. The Labute approximate surface area is 214 Å². The summed E-state index contributed by atoms with van der Waals surface area (Å²) >= 11 is 0. The van der Waals surface area contributed by atoms with E-state index in [0.29, 0.717) is 49.1 Å². The summed E-state index contributed by atoms with van der Waals surface area (Å²) in [5, 5.41) is 2.99. The number of urea groups is 1. The number of benzene rings is 2. The molecule has 8 nitrogen and oxygen atoms in total. The van der Waals surface area contributed by atoms with E-state index in [1.165, 1.54) is 12.8 Å². The Morgan fingerprint density at radius 3 is 2.42 bits per heavy atom. The molecule has 0 aromatic heterocycles. The van der Waals surface area contributed by atoms with Crippen LogP contribution >= 0.6 is 0 Å². The van der Waals surface area contributed by atoms with Crippen molar-refractivity contribution in [3.63, 3.8) is 0 Å². The highest BCUT2D eigenvalue weighted by atomic mass is 16.6. The fraction of sp³-hybridized carbons (Fsp3) is 0.500. The van der Waals surface area contributed by atoms with Gasteiger partial charge in [0.1, 0.15) is 17.2 Å². The topological polar surface area (TPSA) is 86.3 Å². The van der Waals surface area contributed by atoms with Gasteiger partial charge in [-0.2, -0.15) is 0 Å². The highest BCUT2D eigenvalue weighted by Crippen LogP contribution is 2.29. The Morgan fingerprint density at radius 1 is 0.889 bits per heavy atom. The van der Waals surface area contributed by atoms with E-state index in [2.05, 4.69) is 12.2 Å². The molecule has 198 valence electrons. The summed E-state index contributed by atoms with van der Waals surface area (Å²) in [7, 11) is 3.15. The van der Waals surface area contributed by atoms with Gasteiger partial charge in [-0.05, 0) is 49.6 Å². The van der Waals surface area contributed by atoms with E-state index in [4.69, 9.17) is 18.9 Å². The summed E-state index contributed by atoms with van der Waals surface area (Å²) in [6.45, 7) is 5.34. The van der Waals surface area contributed by atoms with Crippen molar-refractivity contribution in [2.45, 2.75) is 52.4 Å². The van der Waals surface area contributed by atoms with Crippen LogP contribution in [0.4, 0.5) is 10.5 Å². The second kappa shape index (κ2) is 16.3. The van der Waals surface area contributed by atoms with Gasteiger partial charge in [0, 0.05) is 19.2 Å². The molecule has 2 aromatic rings. The molecule has 0 saturated heterocycles. The molecule has 0 heterocycles. The summed E-state index contributed by atoms with van der Waals surface area (Å²) in [5.74, 6) is 1.39. The number of carbonyl (C=O) groups excluding carboxylic acids is 2. The molecule has 2 aromatic carbocycles. The Bertz CT molecular complexity index is 949. The lowest BCUT2D eigenvalue weighted by atomic mass is 10.1. The fourth-order valence-corrected chi connectivity index (χ4v) is 3.72. The second-order valence-electron chi connectivity index (χ2n) is 8.39. The first-order valence-corrected chi connectivity index (χ1v) is 12.7. The van der Waals surface area contributed by atoms with Crippen LogP contribution in [0.2, 0.25) is 0 Å². The third-order valence-electron chi connectivity index (χ3n) is 5.70. The van der Waals surface area contributed by atoms with E-state index in [1.807, 2.05) is 23.1 Å². The number of nitrogens with zero attached hydrogens (tertiary/aromatic N) is 1. The molecule has 2 rings (SSSR count). The Morgan fingerprint density at radius 2 is 1.69 bits per heavy atom. The van der Waals surface area contributed by atoms with Crippen LogP contribution in [0, 0.1) is 0 Å². The van der Waals surface area contributed by atoms with Crippen LogP contribution in [0.5, 0.6) is 17.2 Å². The molecule has 8 heteroatoms. The molecular weight excluding hydrogens is 460 g/mol. The third kappa shape index (κ3) is 10.1. The van der Waals surface area contributed by atoms with Crippen LogP contribution < -0.4 is 19.5 Å². The molecule has 0 aliphatic heterocycles. The van der Waals surface area contributed by atoms with Crippen molar-refractivity contribution in [1.29, 1.82) is 0 Å². The molecule has 2 amide bonds. The summed E-state index contributed by atoms with van der Waals surface area (Å²) in [5.41, 5.74) is 1.61. The van der Waals surface area contributed by atoms with E-state index in [1.54, 1.807) is 45.4 Å². The van der Waals surface area contributed by atoms with Gasteiger partial charge in [-0.3, -0.25) is 0 Å². The zero-order valence-electron chi connectivity index (χ0n) is 22.0. The number of unbranched alkanes of at least 4 members (excludes halogenated alkanes) is 4. The van der Waals surface area contributed by atoms with Crippen LogP contribution in [0.3, 0.4) is 0 Å². The van der Waals surface area contributed by atoms with Crippen molar-refractivity contribution in [2.75, 3.05) is 45.8 Å². The van der Waals surface area contributed by atoms with Crippen LogP contribution in [-0.2, 0) is 16.0 Å². The third-order valence-corrected chi connectivity index (χ3v) is 5.70. The van der Waals surface area contributed by atoms with Gasteiger partial charge in [-0.15, -0.1) is 0 Å². The van der Waals surface area contributed by atoms with Gasteiger partial charge in [0.05, 0.1) is 26.5 Å². The molecule has 1 N–H and O–H groups in total. The number of ether oxygens (including phenoxy) is 4. The number of rotatable bonds is 16. The van der Waals surface area contributed by atoms with Gasteiger partial charge in [0.15, 0.2) is 6.61 Å². The highest BCUT2D eigenvalue weighted by Gasteiger charge is 2.16. The van der Waals surface area contributed by atoms with Crippen LogP contribution in [0.15, 0.2) is 42.5 Å². The summed E-state index contributed by atoms with van der Waals surface area (Å²) in [6, 6.07) is 12.7. The largest absolute Gasteiger partial charge is 0.497 e. The van der Waals surface area contributed by atoms with E-state index in [-0.39, 0.29) is 12.6 Å². The minimum atomic E-state index is -0.400. The number of nitrogens with one attached hydrogen (secondary N) is 1. The molecule has 0 unspecified atom stereocenters. The maximum absolute atomic E-state index is 13.2. The molecule has 36 heavy (non-hydrogen) atoms. The van der Waals surface area contributed by atoms with Crippen molar-refractivity contribution in [3.8, 4) is 17.2 Å². The molecule has 0 bridgehead atoms. The van der Waals surface area contributed by atoms with Crippen molar-refractivity contribution in [1.82, 2.24) is 4.90 Å². The number of amides is 2. The summed E-state index contributed by atoms with van der Waals surface area (Å²) in [6.07, 6.45) is 6.22. The molecule has 0 spiro atoms. The predicted molar refractivity (Wildman–Crippen MR) is 141 cm³/mol. The van der Waals surface area contributed by atoms with Gasteiger partial charge in [-0.25, -0.2) is 9.59 Å². The monoisotopic (exact) mass is 500 g/mol. The van der Waals surface area contributed by atoms with Gasteiger partial charge < -0.3 is 29.2 Å². The van der Waals surface area contributed by atoms with Crippen molar-refractivity contribution >= 4 is 17.7 Å². The normalized spacial score (nSPS) is 10.4. The van der Waals surface area contributed by atoms with Crippen LogP contribution in [-0.4, -0.2) is 57.4 Å². The predicted octanol–water partition coefficient (Wildman–Crippen LogP) is 5.69. The van der Waals surface area contributed by atoms with Crippen molar-refractivity contribution in [2.24, 2.45) is 0 Å². The molecule has 0 aliphatic rings. The molecule has 0 fully saturated rings. The average molecular weight is 501 g/mol. The second-order valence-corrected chi connectivity index (χ2v) is 8.39. The lowest BCUT2D eigenvalue weighted by Crippen LogP contribution is -2.37.